The van der Waals surface area contributed by atoms with Gasteiger partial charge in [-0.3, -0.25) is 14.2 Å². The molecule has 2 heterocycles. The SMILES string of the molecule is O=C(NC1CCN([S+]([O-])c2cccc3c(=O)n(COC(=O)C4CCC4)ccc23)C12CC2)OCc1ccccc1. The Morgan fingerprint density at radius 2 is 1.79 bits per heavy atom. The Morgan fingerprint density at radius 3 is 2.51 bits per heavy atom. The van der Waals surface area contributed by atoms with Gasteiger partial charge in [-0.05, 0) is 55.9 Å². The van der Waals surface area contributed by atoms with E-state index in [9.17, 15) is 18.9 Å². The van der Waals surface area contributed by atoms with Crippen LogP contribution in [0.15, 0.2) is 70.5 Å². The molecule has 1 saturated heterocycles. The van der Waals surface area contributed by atoms with Crippen molar-refractivity contribution < 1.29 is 23.6 Å². The maximum absolute atomic E-state index is 13.9. The molecule has 204 valence electrons. The van der Waals surface area contributed by atoms with Crippen LogP contribution < -0.4 is 10.9 Å². The van der Waals surface area contributed by atoms with Crippen molar-refractivity contribution in [3.8, 4) is 0 Å². The average Bonchev–Trinajstić information content (AvgIpc) is 3.64. The van der Waals surface area contributed by atoms with Crippen LogP contribution in [0.25, 0.3) is 10.8 Å². The van der Waals surface area contributed by atoms with E-state index >= 15 is 0 Å². The molecule has 9 nitrogen and oxygen atoms in total. The second-order valence-electron chi connectivity index (χ2n) is 10.5. The molecule has 1 N–H and O–H groups in total. The van der Waals surface area contributed by atoms with E-state index in [0.717, 1.165) is 37.7 Å². The molecule has 1 amide bonds. The monoisotopic (exact) mass is 549 g/mol. The Kier molecular flexibility index (Phi) is 7.09. The molecule has 2 atom stereocenters. The van der Waals surface area contributed by atoms with Crippen LogP contribution in [0.1, 0.15) is 44.1 Å². The zero-order valence-corrected chi connectivity index (χ0v) is 22.4. The molecule has 10 heteroatoms. The van der Waals surface area contributed by atoms with Crippen LogP contribution in [0.4, 0.5) is 4.79 Å². The molecule has 6 rings (SSSR count). The van der Waals surface area contributed by atoms with E-state index in [2.05, 4.69) is 5.32 Å². The third-order valence-corrected chi connectivity index (χ3v) is 9.86. The van der Waals surface area contributed by atoms with E-state index in [1.165, 1.54) is 4.57 Å². The maximum atomic E-state index is 13.9. The van der Waals surface area contributed by atoms with E-state index in [1.54, 1.807) is 30.5 Å². The molecule has 0 bridgehead atoms. The van der Waals surface area contributed by atoms with Gasteiger partial charge in [0, 0.05) is 18.1 Å². The highest BCUT2D eigenvalue weighted by atomic mass is 32.2. The molecule has 3 fully saturated rings. The highest BCUT2D eigenvalue weighted by Crippen LogP contribution is 2.52. The number of pyridine rings is 1. The fourth-order valence-electron chi connectivity index (χ4n) is 5.56. The molecule has 2 unspecified atom stereocenters. The lowest BCUT2D eigenvalue weighted by Gasteiger charge is -2.29. The number of nitrogens with zero attached hydrogens (tertiary/aromatic N) is 2. The van der Waals surface area contributed by atoms with Crippen molar-refractivity contribution in [1.29, 1.82) is 0 Å². The Balaban J connectivity index is 1.14. The van der Waals surface area contributed by atoms with Crippen LogP contribution in [0, 0.1) is 5.92 Å². The highest BCUT2D eigenvalue weighted by Gasteiger charge is 2.63. The summed E-state index contributed by atoms with van der Waals surface area (Å²) < 4.78 is 28.0. The van der Waals surface area contributed by atoms with E-state index in [4.69, 9.17) is 9.47 Å². The van der Waals surface area contributed by atoms with Gasteiger partial charge < -0.3 is 19.3 Å². The predicted molar refractivity (Wildman–Crippen MR) is 145 cm³/mol. The number of rotatable bonds is 8. The van der Waals surface area contributed by atoms with Gasteiger partial charge in [0.2, 0.25) is 0 Å². The maximum Gasteiger partial charge on any atom is 0.407 e. The number of hydrogen-bond acceptors (Lipinski definition) is 7. The standard InChI is InChI=1S/C29H31N3O6S/c33-26-23-10-5-11-24(22(23)12-16-31(26)19-38-27(34)21-8-4-9-21)39(36)32-17-13-25(29(32)14-15-29)30-28(35)37-18-20-6-2-1-3-7-20/h1-3,5-7,10-12,16,21,25H,4,8-9,13-15,17-19H2,(H,30,35). The molecule has 39 heavy (non-hydrogen) atoms. The average molecular weight is 550 g/mol. The molecule has 1 aliphatic heterocycles. The summed E-state index contributed by atoms with van der Waals surface area (Å²) in [6.45, 7) is 0.608. The van der Waals surface area contributed by atoms with E-state index in [-0.39, 0.29) is 42.4 Å². The molecule has 3 aromatic rings. The first kappa shape index (κ1) is 25.9. The third-order valence-electron chi connectivity index (χ3n) is 8.18. The first-order chi connectivity index (χ1) is 19.0. The largest absolute Gasteiger partial charge is 0.593 e. The van der Waals surface area contributed by atoms with Gasteiger partial charge in [0.05, 0.1) is 34.2 Å². The van der Waals surface area contributed by atoms with E-state index in [0.29, 0.717) is 28.6 Å². The van der Waals surface area contributed by atoms with Crippen molar-refractivity contribution >= 4 is 34.2 Å². The minimum Gasteiger partial charge on any atom is -0.593 e. The lowest BCUT2D eigenvalue weighted by Crippen LogP contribution is -2.48. The number of esters is 1. The summed E-state index contributed by atoms with van der Waals surface area (Å²) in [5, 5.41) is 4.03. The van der Waals surface area contributed by atoms with Gasteiger partial charge in [0.1, 0.15) is 6.61 Å². The first-order valence-electron chi connectivity index (χ1n) is 13.4. The Morgan fingerprint density at radius 1 is 1.00 bits per heavy atom. The van der Waals surface area contributed by atoms with Crippen molar-refractivity contribution in [2.45, 2.75) is 68.3 Å². The van der Waals surface area contributed by atoms with Gasteiger partial charge >= 0.3 is 12.1 Å². The second kappa shape index (κ2) is 10.7. The third kappa shape index (κ3) is 5.04. The highest BCUT2D eigenvalue weighted by molar-refractivity contribution is 7.89. The summed E-state index contributed by atoms with van der Waals surface area (Å²) in [7, 11) is 0. The minimum absolute atomic E-state index is 0.0607. The summed E-state index contributed by atoms with van der Waals surface area (Å²) in [5.74, 6) is -0.326. The molecular formula is C29H31N3O6S. The van der Waals surface area contributed by atoms with Crippen LogP contribution in [0.3, 0.4) is 0 Å². The summed E-state index contributed by atoms with van der Waals surface area (Å²) in [5.41, 5.74) is 0.231. The number of carbonyl (C=O) groups is 2. The number of benzene rings is 2. The van der Waals surface area contributed by atoms with Crippen molar-refractivity contribution in [1.82, 2.24) is 14.2 Å². The van der Waals surface area contributed by atoms with Gasteiger partial charge in [-0.2, -0.15) is 0 Å². The molecule has 2 aliphatic carbocycles. The zero-order chi connectivity index (χ0) is 27.0. The summed E-state index contributed by atoms with van der Waals surface area (Å²) in [4.78, 5) is 38.4. The molecular weight excluding hydrogens is 518 g/mol. The van der Waals surface area contributed by atoms with Crippen molar-refractivity contribution in [3.05, 3.63) is 76.7 Å². The molecule has 1 spiro atoms. The number of amides is 1. The number of aromatic nitrogens is 1. The van der Waals surface area contributed by atoms with Crippen molar-refractivity contribution in [2.24, 2.45) is 5.92 Å². The number of nitrogens with one attached hydrogen (secondary N) is 1. The lowest BCUT2D eigenvalue weighted by atomic mass is 9.86. The number of fused-ring (bicyclic) bond motifs is 1. The van der Waals surface area contributed by atoms with Crippen LogP contribution in [-0.4, -0.2) is 43.6 Å². The van der Waals surface area contributed by atoms with Crippen LogP contribution in [0.5, 0.6) is 0 Å². The van der Waals surface area contributed by atoms with Crippen LogP contribution >= 0.6 is 0 Å². The van der Waals surface area contributed by atoms with E-state index in [1.807, 2.05) is 34.6 Å². The van der Waals surface area contributed by atoms with Gasteiger partial charge in [0.25, 0.3) is 5.56 Å². The quantitative estimate of drug-likeness (QED) is 0.335. The normalized spacial score (nSPS) is 20.9. The number of alkyl carbamates (subject to hydrolysis) is 1. The molecule has 3 aliphatic rings. The fourth-order valence-corrected chi connectivity index (χ4v) is 7.27. The van der Waals surface area contributed by atoms with Crippen molar-refractivity contribution in [3.63, 3.8) is 0 Å². The number of hydrogen-bond donors (Lipinski definition) is 1. The van der Waals surface area contributed by atoms with E-state index < -0.39 is 17.5 Å². The Bertz CT molecular complexity index is 1440. The fraction of sp³-hybridized carbons (Fsp3) is 0.414. The van der Waals surface area contributed by atoms with Gasteiger partial charge in [-0.1, -0.05) is 42.8 Å². The number of ether oxygens (including phenoxy) is 2. The van der Waals surface area contributed by atoms with Gasteiger partial charge in [-0.25, -0.2) is 4.79 Å². The zero-order valence-electron chi connectivity index (χ0n) is 21.5. The second-order valence-corrected chi connectivity index (χ2v) is 11.9. The summed E-state index contributed by atoms with van der Waals surface area (Å²) in [6.07, 6.45) is 6.13. The predicted octanol–water partition coefficient (Wildman–Crippen LogP) is 3.86. The van der Waals surface area contributed by atoms with Gasteiger partial charge in [0.15, 0.2) is 11.6 Å². The lowest BCUT2D eigenvalue weighted by molar-refractivity contribution is -0.155. The Hall–Kier alpha value is -3.34. The van der Waals surface area contributed by atoms with Gasteiger partial charge in [-0.15, -0.1) is 4.31 Å². The van der Waals surface area contributed by atoms with Crippen LogP contribution in [0.2, 0.25) is 0 Å². The molecule has 0 radical (unpaired) electrons. The molecule has 2 saturated carbocycles. The topological polar surface area (TPSA) is 113 Å². The smallest absolute Gasteiger partial charge is 0.407 e. The molecule has 1 aromatic heterocycles. The van der Waals surface area contributed by atoms with Crippen molar-refractivity contribution in [2.75, 3.05) is 6.54 Å². The Labute approximate surface area is 229 Å². The summed E-state index contributed by atoms with van der Waals surface area (Å²) in [6, 6.07) is 16.3. The first-order valence-corrected chi connectivity index (χ1v) is 14.5. The number of carbonyl (C=O) groups excluding carboxylic acids is 2. The summed E-state index contributed by atoms with van der Waals surface area (Å²) >= 11 is -1.53. The molecule has 2 aromatic carbocycles. The minimum atomic E-state index is -1.53. The van der Waals surface area contributed by atoms with Crippen LogP contribution in [-0.2, 0) is 39.0 Å².